The highest BCUT2D eigenvalue weighted by Gasteiger charge is 2.32. The van der Waals surface area contributed by atoms with E-state index in [1.165, 1.54) is 0 Å². The van der Waals surface area contributed by atoms with Crippen molar-refractivity contribution in [3.63, 3.8) is 0 Å². The lowest BCUT2D eigenvalue weighted by atomic mass is 9.97. The molecule has 1 fully saturated rings. The molecule has 0 amide bonds. The predicted molar refractivity (Wildman–Crippen MR) is 71.0 cm³/mol. The molecule has 0 unspecified atom stereocenters. The van der Waals surface area contributed by atoms with Crippen molar-refractivity contribution in [2.24, 2.45) is 5.92 Å². The molecule has 1 aliphatic rings. The molecule has 0 aromatic carbocycles. The molecule has 0 bridgehead atoms. The first kappa shape index (κ1) is 13.9. The molecule has 1 saturated heterocycles. The van der Waals surface area contributed by atoms with Gasteiger partial charge in [-0.05, 0) is 12.1 Å². The first-order chi connectivity index (χ1) is 8.88. The zero-order chi connectivity index (χ0) is 12.4. The van der Waals surface area contributed by atoms with E-state index in [0.29, 0.717) is 11.7 Å². The number of nitrogens with zero attached hydrogens (tertiary/aromatic N) is 3. The number of hydrogen-bond acceptors (Lipinski definition) is 6. The molecule has 7 heteroatoms. The Balaban J connectivity index is 0.00000133. The molecule has 0 saturated carbocycles. The van der Waals surface area contributed by atoms with Crippen molar-refractivity contribution in [3.8, 4) is 11.4 Å². The maximum absolute atomic E-state index is 9.28. The number of aliphatic hydroxyl groups is 1. The summed E-state index contributed by atoms with van der Waals surface area (Å²) in [6.07, 6.45) is 3.39. The Bertz CT molecular complexity index is 519. The minimum absolute atomic E-state index is 0. The van der Waals surface area contributed by atoms with Crippen LogP contribution >= 0.6 is 12.4 Å². The lowest BCUT2D eigenvalue weighted by Gasteiger charge is -2.10. The standard InChI is InChI=1S/C12H14N4O2.ClH/c17-7-9-5-14-6-10(9)12-15-11(16-18-12)8-1-3-13-4-2-8;/h1-4,9-10,14,17H,5-7H2;1H/t9-,10+;/m1./s1. The molecule has 3 heterocycles. The van der Waals surface area contributed by atoms with Gasteiger partial charge >= 0.3 is 0 Å². The first-order valence-corrected chi connectivity index (χ1v) is 5.94. The van der Waals surface area contributed by atoms with Crippen LogP contribution in [0.5, 0.6) is 0 Å². The zero-order valence-electron chi connectivity index (χ0n) is 10.2. The summed E-state index contributed by atoms with van der Waals surface area (Å²) >= 11 is 0. The third kappa shape index (κ3) is 2.75. The van der Waals surface area contributed by atoms with Crippen LogP contribution in [0, 0.1) is 5.92 Å². The van der Waals surface area contributed by atoms with Crippen molar-refractivity contribution in [2.45, 2.75) is 5.92 Å². The molecule has 2 aromatic rings. The van der Waals surface area contributed by atoms with Crippen LogP contribution in [0.25, 0.3) is 11.4 Å². The summed E-state index contributed by atoms with van der Waals surface area (Å²) in [6.45, 7) is 1.68. The van der Waals surface area contributed by atoms with E-state index in [0.717, 1.165) is 18.7 Å². The van der Waals surface area contributed by atoms with Gasteiger partial charge in [0.25, 0.3) is 0 Å². The van der Waals surface area contributed by atoms with Gasteiger partial charge in [0.1, 0.15) is 0 Å². The molecular weight excluding hydrogens is 268 g/mol. The molecule has 1 aliphatic heterocycles. The number of aromatic nitrogens is 3. The molecular formula is C12H15ClN4O2. The lowest BCUT2D eigenvalue weighted by molar-refractivity contribution is 0.211. The van der Waals surface area contributed by atoms with Crippen molar-refractivity contribution in [3.05, 3.63) is 30.4 Å². The van der Waals surface area contributed by atoms with E-state index in [1.807, 2.05) is 12.1 Å². The lowest BCUT2D eigenvalue weighted by Crippen LogP contribution is -2.15. The van der Waals surface area contributed by atoms with E-state index in [4.69, 9.17) is 4.52 Å². The quantitative estimate of drug-likeness (QED) is 0.868. The number of halogens is 1. The zero-order valence-corrected chi connectivity index (χ0v) is 11.0. The fourth-order valence-corrected chi connectivity index (χ4v) is 2.22. The van der Waals surface area contributed by atoms with Crippen molar-refractivity contribution in [1.29, 1.82) is 0 Å². The SMILES string of the molecule is Cl.OC[C@H]1CNC[C@@H]1c1nc(-c2ccncc2)no1. The van der Waals surface area contributed by atoms with Crippen molar-refractivity contribution in [2.75, 3.05) is 19.7 Å². The molecule has 0 spiro atoms. The minimum atomic E-state index is 0. The Hall–Kier alpha value is -1.50. The van der Waals surface area contributed by atoms with Gasteiger partial charge in [-0.1, -0.05) is 5.16 Å². The Morgan fingerprint density at radius 1 is 1.32 bits per heavy atom. The molecule has 3 rings (SSSR count). The van der Waals surface area contributed by atoms with Crippen LogP contribution < -0.4 is 5.32 Å². The molecule has 2 N–H and O–H groups in total. The average Bonchev–Trinajstić information content (AvgIpc) is 3.08. The highest BCUT2D eigenvalue weighted by atomic mass is 35.5. The van der Waals surface area contributed by atoms with Crippen LogP contribution in [-0.2, 0) is 0 Å². The molecule has 6 nitrogen and oxygen atoms in total. The Labute approximate surface area is 116 Å². The third-order valence-corrected chi connectivity index (χ3v) is 3.27. The fraction of sp³-hybridized carbons (Fsp3) is 0.417. The summed E-state index contributed by atoms with van der Waals surface area (Å²) in [5, 5.41) is 16.5. The van der Waals surface area contributed by atoms with Gasteiger partial charge < -0.3 is 14.9 Å². The molecule has 2 atom stereocenters. The number of hydrogen-bond donors (Lipinski definition) is 2. The second-order valence-electron chi connectivity index (χ2n) is 4.40. The van der Waals surface area contributed by atoms with E-state index in [1.54, 1.807) is 12.4 Å². The monoisotopic (exact) mass is 282 g/mol. The number of nitrogens with one attached hydrogen (secondary N) is 1. The van der Waals surface area contributed by atoms with Gasteiger partial charge in [0.15, 0.2) is 0 Å². The van der Waals surface area contributed by atoms with E-state index in [-0.39, 0.29) is 30.8 Å². The van der Waals surface area contributed by atoms with Gasteiger partial charge in [0.05, 0.1) is 5.92 Å². The van der Waals surface area contributed by atoms with Crippen LogP contribution in [-0.4, -0.2) is 39.9 Å². The highest BCUT2D eigenvalue weighted by molar-refractivity contribution is 5.85. The summed E-state index contributed by atoms with van der Waals surface area (Å²) in [5.74, 6) is 1.40. The van der Waals surface area contributed by atoms with Crippen LogP contribution in [0.3, 0.4) is 0 Å². The van der Waals surface area contributed by atoms with E-state index >= 15 is 0 Å². The number of pyridine rings is 1. The molecule has 2 aromatic heterocycles. The van der Waals surface area contributed by atoms with Gasteiger partial charge in [-0.2, -0.15) is 4.98 Å². The summed E-state index contributed by atoms with van der Waals surface area (Å²) < 4.78 is 5.30. The van der Waals surface area contributed by atoms with Crippen LogP contribution in [0.15, 0.2) is 29.0 Å². The summed E-state index contributed by atoms with van der Waals surface area (Å²) in [4.78, 5) is 8.36. The van der Waals surface area contributed by atoms with Gasteiger partial charge in [-0.25, -0.2) is 0 Å². The van der Waals surface area contributed by atoms with Crippen molar-refractivity contribution >= 4 is 12.4 Å². The van der Waals surface area contributed by atoms with E-state index < -0.39 is 0 Å². The van der Waals surface area contributed by atoms with Gasteiger partial charge in [0, 0.05) is 43.6 Å². The fourth-order valence-electron chi connectivity index (χ4n) is 2.22. The topological polar surface area (TPSA) is 84.1 Å². The number of rotatable bonds is 3. The molecule has 0 aliphatic carbocycles. The van der Waals surface area contributed by atoms with Crippen LogP contribution in [0.1, 0.15) is 11.8 Å². The Kier molecular flexibility index (Phi) is 4.47. The smallest absolute Gasteiger partial charge is 0.231 e. The molecule has 102 valence electrons. The van der Waals surface area contributed by atoms with E-state index in [2.05, 4.69) is 20.4 Å². The first-order valence-electron chi connectivity index (χ1n) is 5.94. The largest absolute Gasteiger partial charge is 0.396 e. The van der Waals surface area contributed by atoms with Crippen LogP contribution in [0.2, 0.25) is 0 Å². The van der Waals surface area contributed by atoms with E-state index in [9.17, 15) is 5.11 Å². The van der Waals surface area contributed by atoms with Gasteiger partial charge in [0.2, 0.25) is 11.7 Å². The second-order valence-corrected chi connectivity index (χ2v) is 4.40. The summed E-state index contributed by atoms with van der Waals surface area (Å²) in [7, 11) is 0. The maximum atomic E-state index is 9.28. The maximum Gasteiger partial charge on any atom is 0.231 e. The highest BCUT2D eigenvalue weighted by Crippen LogP contribution is 2.27. The van der Waals surface area contributed by atoms with Gasteiger partial charge in [-0.15, -0.1) is 12.4 Å². The van der Waals surface area contributed by atoms with Crippen molar-refractivity contribution < 1.29 is 9.63 Å². The molecule has 0 radical (unpaired) electrons. The van der Waals surface area contributed by atoms with Crippen LogP contribution in [0.4, 0.5) is 0 Å². The Morgan fingerprint density at radius 2 is 2.11 bits per heavy atom. The third-order valence-electron chi connectivity index (χ3n) is 3.27. The summed E-state index contributed by atoms with van der Waals surface area (Å²) in [5.41, 5.74) is 0.881. The predicted octanol–water partition coefficient (Wildman–Crippen LogP) is 0.849. The van der Waals surface area contributed by atoms with Crippen molar-refractivity contribution in [1.82, 2.24) is 20.4 Å². The summed E-state index contributed by atoms with van der Waals surface area (Å²) in [6, 6.07) is 3.68. The number of aliphatic hydroxyl groups excluding tert-OH is 1. The normalized spacial score (nSPS) is 22.2. The molecule has 19 heavy (non-hydrogen) atoms. The average molecular weight is 283 g/mol. The van der Waals surface area contributed by atoms with Gasteiger partial charge in [-0.3, -0.25) is 4.98 Å². The second kappa shape index (κ2) is 6.10. The minimum Gasteiger partial charge on any atom is -0.396 e. The Morgan fingerprint density at radius 3 is 2.84 bits per heavy atom.